The van der Waals surface area contributed by atoms with Gasteiger partial charge in [-0.2, -0.15) is 13.2 Å². The van der Waals surface area contributed by atoms with E-state index in [0.29, 0.717) is 30.3 Å². The number of para-hydroxylation sites is 1. The maximum atomic E-state index is 13.7. The van der Waals surface area contributed by atoms with Gasteiger partial charge < -0.3 is 15.5 Å². The molecule has 0 bridgehead atoms. The first kappa shape index (κ1) is 19.4. The molecule has 2 heterocycles. The van der Waals surface area contributed by atoms with Gasteiger partial charge in [-0.3, -0.25) is 4.79 Å². The smallest absolute Gasteiger partial charge is 0.371 e. The van der Waals surface area contributed by atoms with Crippen LogP contribution in [0.2, 0.25) is 0 Å². The molecule has 2 aliphatic rings. The number of halogens is 3. The van der Waals surface area contributed by atoms with Crippen molar-refractivity contribution in [1.29, 1.82) is 0 Å². The summed E-state index contributed by atoms with van der Waals surface area (Å²) >= 11 is 0. The van der Waals surface area contributed by atoms with Crippen molar-refractivity contribution in [1.82, 2.24) is 0 Å². The van der Waals surface area contributed by atoms with Crippen LogP contribution in [0.15, 0.2) is 48.7 Å². The molecule has 2 aliphatic heterocycles. The van der Waals surface area contributed by atoms with Crippen LogP contribution in [0.5, 0.6) is 0 Å². The molecular formula is C22H22F3N3O. The monoisotopic (exact) mass is 401 g/mol. The van der Waals surface area contributed by atoms with E-state index in [2.05, 4.69) is 17.6 Å². The highest BCUT2D eigenvalue weighted by molar-refractivity contribution is 6.31. The number of rotatable bonds is 3. The van der Waals surface area contributed by atoms with Crippen molar-refractivity contribution in [3.63, 3.8) is 0 Å². The van der Waals surface area contributed by atoms with Crippen molar-refractivity contribution >= 4 is 28.5 Å². The van der Waals surface area contributed by atoms with E-state index in [0.717, 1.165) is 24.5 Å². The topological polar surface area (TPSA) is 44.4 Å². The molecule has 0 atom stereocenters. The summed E-state index contributed by atoms with van der Waals surface area (Å²) in [5.41, 5.74) is 1.65. The summed E-state index contributed by atoms with van der Waals surface area (Å²) in [5.74, 6) is 0.252. The normalized spacial score (nSPS) is 18.7. The minimum absolute atomic E-state index is 0.214. The summed E-state index contributed by atoms with van der Waals surface area (Å²) < 4.78 is 41.2. The molecule has 0 radical (unpaired) electrons. The van der Waals surface area contributed by atoms with Crippen LogP contribution in [-0.4, -0.2) is 19.0 Å². The molecule has 0 aromatic heterocycles. The fraction of sp³-hybridized carbons (Fsp3) is 0.318. The first-order valence-corrected chi connectivity index (χ1v) is 9.66. The number of carbonyl (C=O) groups is 1. The Bertz CT molecular complexity index is 960. The summed E-state index contributed by atoms with van der Waals surface area (Å²) in [7, 11) is 0. The van der Waals surface area contributed by atoms with Gasteiger partial charge in [0.2, 0.25) is 0 Å². The van der Waals surface area contributed by atoms with Crippen LogP contribution in [0.4, 0.5) is 30.2 Å². The summed E-state index contributed by atoms with van der Waals surface area (Å²) in [6.07, 6.45) is -1.23. The largest absolute Gasteiger partial charge is 0.418 e. The molecule has 0 unspecified atom stereocenters. The molecule has 29 heavy (non-hydrogen) atoms. The third-order valence-electron chi connectivity index (χ3n) is 5.52. The zero-order chi connectivity index (χ0) is 20.6. The van der Waals surface area contributed by atoms with Crippen molar-refractivity contribution in [3.8, 4) is 0 Å². The molecule has 4 nitrogen and oxygen atoms in total. The average Bonchev–Trinajstić information content (AvgIpc) is 3.01. The number of fused-ring (bicyclic) bond motifs is 1. The number of nitrogens with one attached hydrogen (secondary N) is 2. The van der Waals surface area contributed by atoms with Crippen molar-refractivity contribution in [3.05, 3.63) is 59.8 Å². The molecule has 0 saturated carbocycles. The highest BCUT2D eigenvalue weighted by atomic mass is 19.4. The van der Waals surface area contributed by atoms with E-state index in [1.807, 2.05) is 17.0 Å². The van der Waals surface area contributed by atoms with Gasteiger partial charge >= 0.3 is 6.18 Å². The van der Waals surface area contributed by atoms with Crippen molar-refractivity contribution in [2.75, 3.05) is 28.6 Å². The minimum Gasteiger partial charge on any atom is -0.371 e. The highest BCUT2D eigenvalue weighted by Gasteiger charge is 2.36. The Morgan fingerprint density at radius 3 is 2.59 bits per heavy atom. The zero-order valence-corrected chi connectivity index (χ0v) is 16.0. The molecule has 7 heteroatoms. The van der Waals surface area contributed by atoms with Gasteiger partial charge in [0, 0.05) is 41.9 Å². The SMILES string of the molecule is CC1CCN(c2ccc(N/C=C3/C(=O)Nc4ccccc43)cc2C(F)(F)F)CC1. The molecule has 2 N–H and O–H groups in total. The lowest BCUT2D eigenvalue weighted by molar-refractivity contribution is -0.137. The number of carbonyl (C=O) groups excluding carboxylic acids is 1. The zero-order valence-electron chi connectivity index (χ0n) is 16.0. The Balaban J connectivity index is 1.61. The van der Waals surface area contributed by atoms with Gasteiger partial charge in [0.05, 0.1) is 11.1 Å². The number of nitrogens with zero attached hydrogens (tertiary/aromatic N) is 1. The molecule has 1 amide bonds. The first-order chi connectivity index (χ1) is 13.8. The first-order valence-electron chi connectivity index (χ1n) is 9.66. The van der Waals surface area contributed by atoms with Crippen LogP contribution >= 0.6 is 0 Å². The molecular weight excluding hydrogens is 379 g/mol. The number of piperidine rings is 1. The lowest BCUT2D eigenvalue weighted by atomic mass is 9.98. The molecule has 4 rings (SSSR count). The quantitative estimate of drug-likeness (QED) is 0.682. The summed E-state index contributed by atoms with van der Waals surface area (Å²) in [4.78, 5) is 14.0. The Morgan fingerprint density at radius 2 is 1.86 bits per heavy atom. The summed E-state index contributed by atoms with van der Waals surface area (Å²) in [6, 6.07) is 11.4. The van der Waals surface area contributed by atoms with Gasteiger partial charge in [0.25, 0.3) is 5.91 Å². The van der Waals surface area contributed by atoms with Crippen LogP contribution in [0.25, 0.3) is 5.57 Å². The summed E-state index contributed by atoms with van der Waals surface area (Å²) in [5, 5.41) is 5.61. The van der Waals surface area contributed by atoms with E-state index in [1.165, 1.54) is 12.3 Å². The van der Waals surface area contributed by atoms with Crippen LogP contribution in [-0.2, 0) is 11.0 Å². The predicted molar refractivity (Wildman–Crippen MR) is 109 cm³/mol. The van der Waals surface area contributed by atoms with E-state index >= 15 is 0 Å². The molecule has 1 saturated heterocycles. The van der Waals surface area contributed by atoms with Gasteiger partial charge in [-0.05, 0) is 43.0 Å². The van der Waals surface area contributed by atoms with E-state index in [-0.39, 0.29) is 17.3 Å². The number of hydrogen-bond donors (Lipinski definition) is 2. The average molecular weight is 401 g/mol. The van der Waals surface area contributed by atoms with Gasteiger partial charge in [0.15, 0.2) is 0 Å². The standard InChI is InChI=1S/C22H22F3N3O/c1-14-8-10-28(11-9-14)20-7-6-15(12-18(20)22(23,24)25)26-13-17-16-4-2-3-5-19(16)27-21(17)29/h2-7,12-14,26H,8-11H2,1H3,(H,27,29)/b17-13+. The molecule has 2 aromatic rings. The van der Waals surface area contributed by atoms with Crippen LogP contribution in [0, 0.1) is 5.92 Å². The van der Waals surface area contributed by atoms with E-state index in [4.69, 9.17) is 0 Å². The Labute approximate surface area is 167 Å². The maximum Gasteiger partial charge on any atom is 0.418 e. The van der Waals surface area contributed by atoms with Gasteiger partial charge in [0.1, 0.15) is 0 Å². The Hall–Kier alpha value is -2.96. The van der Waals surface area contributed by atoms with E-state index in [1.54, 1.807) is 18.2 Å². The molecule has 152 valence electrons. The van der Waals surface area contributed by atoms with Crippen molar-refractivity contribution < 1.29 is 18.0 Å². The molecule has 0 spiro atoms. The number of alkyl halides is 3. The fourth-order valence-corrected chi connectivity index (χ4v) is 3.82. The summed E-state index contributed by atoms with van der Waals surface area (Å²) in [6.45, 7) is 3.37. The second-order valence-electron chi connectivity index (χ2n) is 7.60. The second kappa shape index (κ2) is 7.46. The lowest BCUT2D eigenvalue weighted by Crippen LogP contribution is -2.34. The third-order valence-corrected chi connectivity index (χ3v) is 5.52. The van der Waals surface area contributed by atoms with Crippen LogP contribution in [0.1, 0.15) is 30.9 Å². The van der Waals surface area contributed by atoms with Gasteiger partial charge in [-0.1, -0.05) is 25.1 Å². The minimum atomic E-state index is -4.46. The van der Waals surface area contributed by atoms with E-state index in [9.17, 15) is 18.0 Å². The van der Waals surface area contributed by atoms with Crippen molar-refractivity contribution in [2.45, 2.75) is 25.9 Å². The van der Waals surface area contributed by atoms with E-state index < -0.39 is 11.7 Å². The molecule has 0 aliphatic carbocycles. The Kier molecular flexibility index (Phi) is 4.98. The lowest BCUT2D eigenvalue weighted by Gasteiger charge is -2.34. The number of benzene rings is 2. The van der Waals surface area contributed by atoms with Gasteiger partial charge in [-0.25, -0.2) is 0 Å². The molecule has 2 aromatic carbocycles. The predicted octanol–water partition coefficient (Wildman–Crippen LogP) is 5.35. The van der Waals surface area contributed by atoms with Gasteiger partial charge in [-0.15, -0.1) is 0 Å². The van der Waals surface area contributed by atoms with Crippen molar-refractivity contribution in [2.24, 2.45) is 5.92 Å². The fourth-order valence-electron chi connectivity index (χ4n) is 3.82. The Morgan fingerprint density at radius 1 is 1.14 bits per heavy atom. The maximum absolute atomic E-state index is 13.7. The second-order valence-corrected chi connectivity index (χ2v) is 7.60. The van der Waals surface area contributed by atoms with Crippen LogP contribution in [0.3, 0.4) is 0 Å². The third kappa shape index (κ3) is 3.95. The number of hydrogen-bond acceptors (Lipinski definition) is 3. The number of amides is 1. The number of anilines is 3. The molecule has 1 fully saturated rings. The highest BCUT2D eigenvalue weighted by Crippen LogP contribution is 2.40. The van der Waals surface area contributed by atoms with Crippen LogP contribution < -0.4 is 15.5 Å².